The number of rotatable bonds is 4. The maximum absolute atomic E-state index is 10.7. The smallest absolute Gasteiger partial charge is 0.407 e. The molecule has 2 atom stereocenters. The second-order valence-corrected chi connectivity index (χ2v) is 3.36. The van der Waals surface area contributed by atoms with Gasteiger partial charge in [-0.05, 0) is 14.0 Å². The number of carboxylic acids is 1. The first-order valence-electron chi connectivity index (χ1n) is 4.38. The molecule has 2 N–H and O–H groups in total. The lowest BCUT2D eigenvalue weighted by Gasteiger charge is -2.22. The molecule has 0 bridgehead atoms. The lowest BCUT2D eigenvalue weighted by Crippen LogP contribution is -2.41. The van der Waals surface area contributed by atoms with Gasteiger partial charge in [-0.2, -0.15) is 0 Å². The highest BCUT2D eigenvalue weighted by Crippen LogP contribution is 2.04. The van der Waals surface area contributed by atoms with Gasteiger partial charge >= 0.3 is 12.1 Å². The number of amides is 1. The van der Waals surface area contributed by atoms with Gasteiger partial charge in [0, 0.05) is 6.54 Å². The monoisotopic (exact) mass is 202 g/mol. The van der Waals surface area contributed by atoms with Crippen LogP contribution in [-0.4, -0.2) is 54.4 Å². The molecule has 1 amide bonds. The van der Waals surface area contributed by atoms with Gasteiger partial charge in [0.2, 0.25) is 0 Å². The second-order valence-electron chi connectivity index (χ2n) is 3.36. The third-order valence-corrected chi connectivity index (χ3v) is 2.26. The fourth-order valence-corrected chi connectivity index (χ4v) is 1.20. The topological polar surface area (TPSA) is 78.9 Å². The van der Waals surface area contributed by atoms with Gasteiger partial charge in [0.05, 0.1) is 6.54 Å². The van der Waals surface area contributed by atoms with Crippen LogP contribution < -0.4 is 5.32 Å². The van der Waals surface area contributed by atoms with Gasteiger partial charge < -0.3 is 15.2 Å². The summed E-state index contributed by atoms with van der Waals surface area (Å²) in [5.41, 5.74) is 0. The van der Waals surface area contributed by atoms with E-state index in [2.05, 4.69) is 5.32 Å². The van der Waals surface area contributed by atoms with E-state index in [1.54, 1.807) is 18.9 Å². The average Bonchev–Trinajstić information content (AvgIpc) is 2.49. The molecule has 1 rings (SSSR count). The van der Waals surface area contributed by atoms with Gasteiger partial charge in [-0.1, -0.05) is 0 Å². The Hall–Kier alpha value is -1.30. The molecule has 0 aromatic rings. The number of carboxylic acid groups (broad SMARTS) is 1. The number of cyclic esters (lactones) is 1. The normalized spacial score (nSPS) is 23.1. The van der Waals surface area contributed by atoms with Gasteiger partial charge in [-0.25, -0.2) is 4.79 Å². The third-order valence-electron chi connectivity index (χ3n) is 2.26. The highest BCUT2D eigenvalue weighted by molar-refractivity contribution is 5.73. The zero-order valence-corrected chi connectivity index (χ0v) is 8.19. The molecule has 0 aliphatic carbocycles. The predicted octanol–water partition coefficient (Wildman–Crippen LogP) is -0.500. The van der Waals surface area contributed by atoms with Crippen molar-refractivity contribution in [3.8, 4) is 0 Å². The molecule has 6 heteroatoms. The molecule has 0 aromatic carbocycles. The number of aliphatic carboxylic acids is 1. The molecule has 1 aliphatic heterocycles. The first-order chi connectivity index (χ1) is 6.50. The summed E-state index contributed by atoms with van der Waals surface area (Å²) in [6.45, 7) is 2.45. The van der Waals surface area contributed by atoms with E-state index in [9.17, 15) is 9.59 Å². The summed E-state index contributed by atoms with van der Waals surface area (Å²) in [6, 6.07) is -0.575. The van der Waals surface area contributed by atoms with E-state index in [1.807, 2.05) is 0 Å². The van der Waals surface area contributed by atoms with Crippen molar-refractivity contribution in [3.05, 3.63) is 0 Å². The van der Waals surface area contributed by atoms with Crippen LogP contribution in [0.4, 0.5) is 4.79 Å². The quantitative estimate of drug-likeness (QED) is 0.642. The number of carbonyl (C=O) groups is 2. The summed E-state index contributed by atoms with van der Waals surface area (Å²) in [5, 5.41) is 11.2. The summed E-state index contributed by atoms with van der Waals surface area (Å²) in [5.74, 6) is -0.884. The lowest BCUT2D eigenvalue weighted by molar-refractivity contribution is -0.142. The molecule has 0 saturated carbocycles. The zero-order chi connectivity index (χ0) is 10.7. The highest BCUT2D eigenvalue weighted by atomic mass is 16.6. The standard InChI is InChI=1S/C8H14N2O4/c1-5(7(11)12)10(2)4-6-3-9-8(13)14-6/h5-6H,3-4H2,1-2H3,(H,9,13)(H,11,12). The minimum atomic E-state index is -0.884. The minimum absolute atomic E-state index is 0.255. The van der Waals surface area contributed by atoms with E-state index in [0.29, 0.717) is 13.1 Å². The number of alkyl carbamates (subject to hydrolysis) is 1. The van der Waals surface area contributed by atoms with Crippen molar-refractivity contribution in [2.45, 2.75) is 19.1 Å². The number of hydrogen-bond donors (Lipinski definition) is 2. The van der Waals surface area contributed by atoms with Crippen molar-refractivity contribution >= 4 is 12.1 Å². The molecule has 2 unspecified atom stereocenters. The first kappa shape index (κ1) is 10.8. The van der Waals surface area contributed by atoms with Crippen molar-refractivity contribution in [2.75, 3.05) is 20.1 Å². The van der Waals surface area contributed by atoms with E-state index in [-0.39, 0.29) is 6.10 Å². The van der Waals surface area contributed by atoms with Crippen LogP contribution in [0.25, 0.3) is 0 Å². The summed E-state index contributed by atoms with van der Waals surface area (Å²) in [4.78, 5) is 22.9. The van der Waals surface area contributed by atoms with Crippen LogP contribution in [0.15, 0.2) is 0 Å². The van der Waals surface area contributed by atoms with Crippen LogP contribution in [0.2, 0.25) is 0 Å². The Balaban J connectivity index is 2.36. The van der Waals surface area contributed by atoms with Gasteiger partial charge in [0.15, 0.2) is 0 Å². The molecule has 80 valence electrons. The van der Waals surface area contributed by atoms with Crippen LogP contribution in [0.5, 0.6) is 0 Å². The number of nitrogens with zero attached hydrogens (tertiary/aromatic N) is 1. The second kappa shape index (κ2) is 4.28. The number of ether oxygens (including phenoxy) is 1. The summed E-state index contributed by atoms with van der Waals surface area (Å²) < 4.78 is 4.88. The first-order valence-corrected chi connectivity index (χ1v) is 4.38. The van der Waals surface area contributed by atoms with Crippen LogP contribution in [0, 0.1) is 0 Å². The Morgan fingerprint density at radius 3 is 2.93 bits per heavy atom. The van der Waals surface area contributed by atoms with Crippen LogP contribution in [0.3, 0.4) is 0 Å². The molecule has 6 nitrogen and oxygen atoms in total. The Morgan fingerprint density at radius 2 is 2.50 bits per heavy atom. The molecule has 0 radical (unpaired) electrons. The number of likely N-dealkylation sites (N-methyl/N-ethyl adjacent to an activating group) is 1. The number of nitrogens with one attached hydrogen (secondary N) is 1. The largest absolute Gasteiger partial charge is 0.480 e. The minimum Gasteiger partial charge on any atom is -0.480 e. The average molecular weight is 202 g/mol. The molecule has 0 spiro atoms. The molecular formula is C8H14N2O4. The van der Waals surface area contributed by atoms with Crippen molar-refractivity contribution in [1.82, 2.24) is 10.2 Å². The Kier molecular flexibility index (Phi) is 3.29. The number of carbonyl (C=O) groups excluding carboxylic acids is 1. The molecule has 1 aliphatic rings. The summed E-state index contributed by atoms with van der Waals surface area (Å²) >= 11 is 0. The van der Waals surface area contributed by atoms with Gasteiger partial charge in [-0.15, -0.1) is 0 Å². The summed E-state index contributed by atoms with van der Waals surface area (Å²) in [6.07, 6.45) is -0.694. The van der Waals surface area contributed by atoms with Gasteiger partial charge in [-0.3, -0.25) is 9.69 Å². The van der Waals surface area contributed by atoms with Crippen LogP contribution >= 0.6 is 0 Å². The maximum atomic E-state index is 10.7. The molecule has 1 fully saturated rings. The Bertz CT molecular complexity index is 243. The van der Waals surface area contributed by atoms with Gasteiger partial charge in [0.1, 0.15) is 12.1 Å². The van der Waals surface area contributed by atoms with E-state index >= 15 is 0 Å². The molecule has 14 heavy (non-hydrogen) atoms. The zero-order valence-electron chi connectivity index (χ0n) is 8.19. The maximum Gasteiger partial charge on any atom is 0.407 e. The van der Waals surface area contributed by atoms with E-state index < -0.39 is 18.1 Å². The molecule has 1 saturated heterocycles. The van der Waals surface area contributed by atoms with Crippen LogP contribution in [0.1, 0.15) is 6.92 Å². The molecular weight excluding hydrogens is 188 g/mol. The van der Waals surface area contributed by atoms with Crippen molar-refractivity contribution in [2.24, 2.45) is 0 Å². The van der Waals surface area contributed by atoms with E-state index in [1.165, 1.54) is 0 Å². The fourth-order valence-electron chi connectivity index (χ4n) is 1.20. The summed E-state index contributed by atoms with van der Waals surface area (Å²) in [7, 11) is 1.69. The number of hydrogen-bond acceptors (Lipinski definition) is 4. The lowest BCUT2D eigenvalue weighted by atomic mass is 10.2. The van der Waals surface area contributed by atoms with Crippen LogP contribution in [-0.2, 0) is 9.53 Å². The predicted molar refractivity (Wildman–Crippen MR) is 48.0 cm³/mol. The van der Waals surface area contributed by atoms with Crippen molar-refractivity contribution < 1.29 is 19.4 Å². The third kappa shape index (κ3) is 2.59. The molecule has 1 heterocycles. The van der Waals surface area contributed by atoms with E-state index in [0.717, 1.165) is 0 Å². The van der Waals surface area contributed by atoms with Crippen molar-refractivity contribution in [3.63, 3.8) is 0 Å². The highest BCUT2D eigenvalue weighted by Gasteiger charge is 2.26. The van der Waals surface area contributed by atoms with Gasteiger partial charge in [0.25, 0.3) is 0 Å². The SMILES string of the molecule is CC(C(=O)O)N(C)CC1CNC(=O)O1. The Morgan fingerprint density at radius 1 is 1.86 bits per heavy atom. The Labute approximate surface area is 81.8 Å². The molecule has 0 aromatic heterocycles. The van der Waals surface area contributed by atoms with E-state index in [4.69, 9.17) is 9.84 Å². The van der Waals surface area contributed by atoms with Crippen molar-refractivity contribution in [1.29, 1.82) is 0 Å². The fraction of sp³-hybridized carbons (Fsp3) is 0.750.